The van der Waals surface area contributed by atoms with Crippen molar-refractivity contribution in [1.82, 2.24) is 19.7 Å². The molecule has 2 rings (SSSR count). The number of rotatable bonds is 4. The van der Waals surface area contributed by atoms with Gasteiger partial charge in [0.1, 0.15) is 11.6 Å². The van der Waals surface area contributed by atoms with Crippen LogP contribution in [0.1, 0.15) is 24.7 Å². The van der Waals surface area contributed by atoms with E-state index >= 15 is 0 Å². The van der Waals surface area contributed by atoms with E-state index in [0.29, 0.717) is 23.9 Å². The number of hydrogen-bond acceptors (Lipinski definition) is 4. The van der Waals surface area contributed by atoms with Crippen molar-refractivity contribution in [3.8, 4) is 5.82 Å². The maximum absolute atomic E-state index is 12.6. The highest BCUT2D eigenvalue weighted by Crippen LogP contribution is 2.29. The molecule has 0 aliphatic rings. The van der Waals surface area contributed by atoms with E-state index in [1.54, 1.807) is 13.1 Å². The molecule has 0 aromatic carbocycles. The smallest absolute Gasteiger partial charge is 0.373 e. The van der Waals surface area contributed by atoms with Gasteiger partial charge in [0.15, 0.2) is 5.82 Å². The van der Waals surface area contributed by atoms with Gasteiger partial charge in [-0.1, -0.05) is 6.92 Å². The predicted octanol–water partition coefficient (Wildman–Crippen LogP) is 2.68. The second kappa shape index (κ2) is 5.48. The summed E-state index contributed by atoms with van der Waals surface area (Å²) in [7, 11) is 1.69. The SMILES string of the molecule is CCCc1nc(NC)cc(-n2cc(C(F)(F)F)cn2)n1. The van der Waals surface area contributed by atoms with Crippen LogP contribution in [0.2, 0.25) is 0 Å². The number of halogens is 3. The number of aromatic nitrogens is 4. The Morgan fingerprint density at radius 1 is 1.30 bits per heavy atom. The summed E-state index contributed by atoms with van der Waals surface area (Å²) in [6.45, 7) is 1.98. The van der Waals surface area contributed by atoms with Crippen molar-refractivity contribution in [3.05, 3.63) is 29.8 Å². The van der Waals surface area contributed by atoms with E-state index in [-0.39, 0.29) is 0 Å². The molecule has 0 bridgehead atoms. The maximum atomic E-state index is 12.6. The topological polar surface area (TPSA) is 55.6 Å². The Hall–Kier alpha value is -2.12. The van der Waals surface area contributed by atoms with Crippen LogP contribution in [0.4, 0.5) is 19.0 Å². The minimum Gasteiger partial charge on any atom is -0.373 e. The summed E-state index contributed by atoms with van der Waals surface area (Å²) in [5.41, 5.74) is -0.806. The lowest BCUT2D eigenvalue weighted by molar-refractivity contribution is -0.137. The Kier molecular flexibility index (Phi) is 3.91. The third-order valence-electron chi connectivity index (χ3n) is 2.63. The van der Waals surface area contributed by atoms with Gasteiger partial charge >= 0.3 is 6.18 Å². The van der Waals surface area contributed by atoms with E-state index in [0.717, 1.165) is 23.5 Å². The van der Waals surface area contributed by atoms with Crippen molar-refractivity contribution in [2.45, 2.75) is 25.9 Å². The Morgan fingerprint density at radius 3 is 2.60 bits per heavy atom. The summed E-state index contributed by atoms with van der Waals surface area (Å²) < 4.78 is 38.8. The molecule has 20 heavy (non-hydrogen) atoms. The van der Waals surface area contributed by atoms with Gasteiger partial charge in [0.05, 0.1) is 11.8 Å². The quantitative estimate of drug-likeness (QED) is 0.938. The van der Waals surface area contributed by atoms with Crippen LogP contribution in [-0.4, -0.2) is 26.8 Å². The molecule has 2 aromatic heterocycles. The molecule has 108 valence electrons. The number of anilines is 1. The Bertz CT molecular complexity index is 591. The fraction of sp³-hybridized carbons (Fsp3) is 0.417. The highest BCUT2D eigenvalue weighted by atomic mass is 19.4. The zero-order chi connectivity index (χ0) is 14.8. The standard InChI is InChI=1S/C12H14F3N5/c1-3-4-9-18-10(16-2)5-11(19-9)20-7-8(6-17-20)12(13,14)15/h5-7H,3-4H2,1-2H3,(H,16,18,19). The van der Waals surface area contributed by atoms with Crippen LogP contribution in [0.15, 0.2) is 18.5 Å². The number of nitrogens with zero attached hydrogens (tertiary/aromatic N) is 4. The average molecular weight is 285 g/mol. The third-order valence-corrected chi connectivity index (χ3v) is 2.63. The molecule has 0 radical (unpaired) electrons. The Morgan fingerprint density at radius 2 is 2.05 bits per heavy atom. The summed E-state index contributed by atoms with van der Waals surface area (Å²) in [4.78, 5) is 8.46. The summed E-state index contributed by atoms with van der Waals surface area (Å²) in [5.74, 6) is 1.42. The van der Waals surface area contributed by atoms with Crippen LogP contribution in [0.25, 0.3) is 5.82 Å². The maximum Gasteiger partial charge on any atom is 0.419 e. The lowest BCUT2D eigenvalue weighted by Crippen LogP contribution is -2.07. The fourth-order valence-electron chi connectivity index (χ4n) is 1.66. The number of hydrogen-bond donors (Lipinski definition) is 1. The molecule has 0 fully saturated rings. The van der Waals surface area contributed by atoms with Crippen LogP contribution >= 0.6 is 0 Å². The molecule has 2 aromatic rings. The number of aryl methyl sites for hydroxylation is 1. The zero-order valence-electron chi connectivity index (χ0n) is 11.1. The first-order chi connectivity index (χ1) is 9.44. The van der Waals surface area contributed by atoms with E-state index in [4.69, 9.17) is 0 Å². The first kappa shape index (κ1) is 14.3. The number of alkyl halides is 3. The molecule has 0 unspecified atom stereocenters. The van der Waals surface area contributed by atoms with Gasteiger partial charge in [-0.15, -0.1) is 0 Å². The molecule has 2 heterocycles. The molecule has 0 amide bonds. The van der Waals surface area contributed by atoms with E-state index < -0.39 is 11.7 Å². The van der Waals surface area contributed by atoms with Gasteiger partial charge in [-0.05, 0) is 6.42 Å². The predicted molar refractivity (Wildman–Crippen MR) is 67.7 cm³/mol. The van der Waals surface area contributed by atoms with Crippen LogP contribution < -0.4 is 5.32 Å². The second-order valence-electron chi connectivity index (χ2n) is 4.20. The molecule has 0 aliphatic carbocycles. The van der Waals surface area contributed by atoms with Gasteiger partial charge in [0.2, 0.25) is 0 Å². The van der Waals surface area contributed by atoms with Gasteiger partial charge < -0.3 is 5.32 Å². The molecule has 0 saturated carbocycles. The minimum atomic E-state index is -4.41. The summed E-state index contributed by atoms with van der Waals surface area (Å²) in [6, 6.07) is 1.55. The molecule has 8 heteroatoms. The van der Waals surface area contributed by atoms with Crippen molar-refractivity contribution in [3.63, 3.8) is 0 Å². The van der Waals surface area contributed by atoms with Crippen molar-refractivity contribution >= 4 is 5.82 Å². The second-order valence-corrected chi connectivity index (χ2v) is 4.20. The van der Waals surface area contributed by atoms with Crippen molar-refractivity contribution < 1.29 is 13.2 Å². The van der Waals surface area contributed by atoms with E-state index in [9.17, 15) is 13.2 Å². The summed E-state index contributed by atoms with van der Waals surface area (Å²) in [5, 5.41) is 6.57. The Labute approximate surface area is 113 Å². The van der Waals surface area contributed by atoms with Crippen LogP contribution in [-0.2, 0) is 12.6 Å². The first-order valence-electron chi connectivity index (χ1n) is 6.12. The molecule has 0 spiro atoms. The van der Waals surface area contributed by atoms with Crippen LogP contribution in [0, 0.1) is 0 Å². The average Bonchev–Trinajstić information content (AvgIpc) is 2.88. The van der Waals surface area contributed by atoms with Gasteiger partial charge in [-0.3, -0.25) is 0 Å². The molecular formula is C12H14F3N5. The van der Waals surface area contributed by atoms with Gasteiger partial charge in [0.25, 0.3) is 0 Å². The largest absolute Gasteiger partial charge is 0.419 e. The Balaban J connectivity index is 2.41. The van der Waals surface area contributed by atoms with Crippen molar-refractivity contribution in [2.24, 2.45) is 0 Å². The molecule has 0 atom stereocenters. The minimum absolute atomic E-state index is 0.309. The lowest BCUT2D eigenvalue weighted by Gasteiger charge is -2.07. The van der Waals surface area contributed by atoms with Crippen LogP contribution in [0.3, 0.4) is 0 Å². The summed E-state index contributed by atoms with van der Waals surface area (Å²) >= 11 is 0. The number of nitrogens with one attached hydrogen (secondary N) is 1. The van der Waals surface area contributed by atoms with E-state index in [1.165, 1.54) is 0 Å². The monoisotopic (exact) mass is 285 g/mol. The third kappa shape index (κ3) is 3.06. The van der Waals surface area contributed by atoms with Crippen molar-refractivity contribution in [2.75, 3.05) is 12.4 Å². The van der Waals surface area contributed by atoms with Gasteiger partial charge in [-0.25, -0.2) is 14.6 Å². The van der Waals surface area contributed by atoms with E-state index in [2.05, 4.69) is 20.4 Å². The molecule has 0 saturated heterocycles. The molecule has 0 aliphatic heterocycles. The normalized spacial score (nSPS) is 11.7. The zero-order valence-corrected chi connectivity index (χ0v) is 11.1. The van der Waals surface area contributed by atoms with Crippen LogP contribution in [0.5, 0.6) is 0 Å². The molecular weight excluding hydrogens is 271 g/mol. The first-order valence-corrected chi connectivity index (χ1v) is 6.12. The lowest BCUT2D eigenvalue weighted by atomic mass is 10.3. The molecule has 5 nitrogen and oxygen atoms in total. The summed E-state index contributed by atoms with van der Waals surface area (Å²) in [6.07, 6.45) is -1.23. The highest BCUT2D eigenvalue weighted by molar-refractivity contribution is 5.41. The molecule has 1 N–H and O–H groups in total. The van der Waals surface area contributed by atoms with Gasteiger partial charge in [0, 0.05) is 25.7 Å². The fourth-order valence-corrected chi connectivity index (χ4v) is 1.66. The van der Waals surface area contributed by atoms with Gasteiger partial charge in [-0.2, -0.15) is 18.3 Å². The van der Waals surface area contributed by atoms with E-state index in [1.807, 2.05) is 6.92 Å². The van der Waals surface area contributed by atoms with Crippen molar-refractivity contribution in [1.29, 1.82) is 0 Å². The highest BCUT2D eigenvalue weighted by Gasteiger charge is 2.32.